The monoisotopic (exact) mass is 447 g/mol. The van der Waals surface area contributed by atoms with Crippen molar-refractivity contribution in [1.82, 2.24) is 19.5 Å². The molecule has 164 valence electrons. The van der Waals surface area contributed by atoms with Gasteiger partial charge in [0.2, 0.25) is 0 Å². The van der Waals surface area contributed by atoms with Crippen molar-refractivity contribution in [1.29, 1.82) is 0 Å². The minimum Gasteiger partial charge on any atom is -0.497 e. The first kappa shape index (κ1) is 20.5. The Morgan fingerprint density at radius 1 is 1.06 bits per heavy atom. The molecule has 1 fully saturated rings. The van der Waals surface area contributed by atoms with Gasteiger partial charge in [0, 0.05) is 54.4 Å². The van der Waals surface area contributed by atoms with Crippen LogP contribution in [-0.2, 0) is 0 Å². The highest BCUT2D eigenvalue weighted by atomic mass is 32.1. The van der Waals surface area contributed by atoms with Crippen LogP contribution in [0, 0.1) is 13.8 Å². The van der Waals surface area contributed by atoms with Crippen LogP contribution >= 0.6 is 11.3 Å². The lowest BCUT2D eigenvalue weighted by Crippen LogP contribution is -2.49. The summed E-state index contributed by atoms with van der Waals surface area (Å²) in [6.07, 6.45) is 0. The number of hydrogen-bond donors (Lipinski definition) is 0. The molecule has 3 aromatic heterocycles. The average Bonchev–Trinajstić information content (AvgIpc) is 3.50. The van der Waals surface area contributed by atoms with Crippen LogP contribution in [0.1, 0.15) is 21.6 Å². The van der Waals surface area contributed by atoms with Crippen molar-refractivity contribution in [3.8, 4) is 17.0 Å². The molecule has 0 atom stereocenters. The SMILES string of the molecule is COc1ccc(-c2cc3nc(C)c(C)c(N4CCN(C(=O)c5ccsc5)CC4)n3n2)cc1. The molecule has 0 radical (unpaired) electrons. The molecule has 32 heavy (non-hydrogen) atoms. The Labute approximate surface area is 190 Å². The molecular formula is C24H25N5O2S. The standard InChI is InChI=1S/C24H25N5O2S/c1-16-17(2)25-22-14-21(18-4-6-20(31-3)7-5-18)26-29(22)23(16)27-9-11-28(12-10-27)24(30)19-8-13-32-15-19/h4-8,13-15H,9-12H2,1-3H3. The van der Waals surface area contributed by atoms with Crippen molar-refractivity contribution in [2.45, 2.75) is 13.8 Å². The Kier molecular flexibility index (Phi) is 5.30. The Morgan fingerprint density at radius 2 is 1.81 bits per heavy atom. The molecule has 1 aliphatic rings. The van der Waals surface area contributed by atoms with Crippen LogP contribution in [0.5, 0.6) is 5.75 Å². The number of carbonyl (C=O) groups is 1. The highest BCUT2D eigenvalue weighted by Gasteiger charge is 2.26. The van der Waals surface area contributed by atoms with Gasteiger partial charge in [-0.25, -0.2) is 4.98 Å². The van der Waals surface area contributed by atoms with Crippen LogP contribution in [-0.4, -0.2) is 58.7 Å². The molecule has 7 nitrogen and oxygen atoms in total. The summed E-state index contributed by atoms with van der Waals surface area (Å²) < 4.78 is 7.21. The molecule has 4 aromatic rings. The summed E-state index contributed by atoms with van der Waals surface area (Å²) in [6.45, 7) is 7.01. The molecule has 0 N–H and O–H groups in total. The zero-order valence-electron chi connectivity index (χ0n) is 18.4. The number of fused-ring (bicyclic) bond motifs is 1. The molecule has 1 aromatic carbocycles. The van der Waals surface area contributed by atoms with Crippen LogP contribution in [0.4, 0.5) is 5.82 Å². The third-order valence-corrected chi connectivity index (χ3v) is 6.76. The fourth-order valence-corrected chi connectivity index (χ4v) is 4.78. The van der Waals surface area contributed by atoms with Gasteiger partial charge in [-0.15, -0.1) is 0 Å². The van der Waals surface area contributed by atoms with E-state index in [1.807, 2.05) is 63.5 Å². The Morgan fingerprint density at radius 3 is 2.47 bits per heavy atom. The van der Waals surface area contributed by atoms with Crippen molar-refractivity contribution in [2.75, 3.05) is 38.2 Å². The summed E-state index contributed by atoms with van der Waals surface area (Å²) in [5.74, 6) is 1.98. The first-order valence-electron chi connectivity index (χ1n) is 10.6. The second-order valence-corrected chi connectivity index (χ2v) is 8.75. The van der Waals surface area contributed by atoms with Crippen molar-refractivity contribution >= 4 is 28.7 Å². The maximum Gasteiger partial charge on any atom is 0.254 e. The van der Waals surface area contributed by atoms with Gasteiger partial charge in [0.05, 0.1) is 18.4 Å². The molecule has 0 spiro atoms. The van der Waals surface area contributed by atoms with E-state index in [-0.39, 0.29) is 5.91 Å². The lowest BCUT2D eigenvalue weighted by Gasteiger charge is -2.36. The molecule has 1 amide bonds. The highest BCUT2D eigenvalue weighted by molar-refractivity contribution is 7.08. The third-order valence-electron chi connectivity index (χ3n) is 6.07. The number of nitrogens with zero attached hydrogens (tertiary/aromatic N) is 5. The van der Waals surface area contributed by atoms with E-state index in [2.05, 4.69) is 11.8 Å². The quantitative estimate of drug-likeness (QED) is 0.472. The van der Waals surface area contributed by atoms with E-state index in [1.54, 1.807) is 18.4 Å². The molecule has 1 saturated heterocycles. The number of anilines is 1. The first-order chi connectivity index (χ1) is 15.5. The van der Waals surface area contributed by atoms with E-state index in [0.29, 0.717) is 13.1 Å². The van der Waals surface area contributed by atoms with E-state index in [0.717, 1.165) is 58.4 Å². The summed E-state index contributed by atoms with van der Waals surface area (Å²) in [5.41, 5.74) is 5.59. The summed E-state index contributed by atoms with van der Waals surface area (Å²) in [4.78, 5) is 21.7. The Bertz CT molecular complexity index is 1260. The van der Waals surface area contributed by atoms with Crippen LogP contribution in [0.2, 0.25) is 0 Å². The van der Waals surface area contributed by atoms with Gasteiger partial charge in [0.1, 0.15) is 11.6 Å². The average molecular weight is 448 g/mol. The summed E-state index contributed by atoms with van der Waals surface area (Å²) in [6, 6.07) is 11.8. The van der Waals surface area contributed by atoms with Crippen molar-refractivity contribution < 1.29 is 9.53 Å². The first-order valence-corrected chi connectivity index (χ1v) is 11.6. The zero-order chi connectivity index (χ0) is 22.2. The van der Waals surface area contributed by atoms with E-state index in [4.69, 9.17) is 14.8 Å². The Balaban J connectivity index is 1.45. The number of thiophene rings is 1. The molecule has 0 bridgehead atoms. The fraction of sp³-hybridized carbons (Fsp3) is 0.292. The van der Waals surface area contributed by atoms with E-state index in [1.165, 1.54) is 0 Å². The molecule has 5 rings (SSSR count). The van der Waals surface area contributed by atoms with Gasteiger partial charge in [0.15, 0.2) is 5.65 Å². The number of aryl methyl sites for hydroxylation is 1. The number of methoxy groups -OCH3 is 1. The summed E-state index contributed by atoms with van der Waals surface area (Å²) in [7, 11) is 1.66. The van der Waals surface area contributed by atoms with E-state index >= 15 is 0 Å². The van der Waals surface area contributed by atoms with E-state index < -0.39 is 0 Å². The molecule has 1 aliphatic heterocycles. The minimum absolute atomic E-state index is 0.111. The minimum atomic E-state index is 0.111. The number of rotatable bonds is 4. The highest BCUT2D eigenvalue weighted by Crippen LogP contribution is 2.28. The van der Waals surface area contributed by atoms with Gasteiger partial charge in [0.25, 0.3) is 5.91 Å². The van der Waals surface area contributed by atoms with Gasteiger partial charge in [-0.1, -0.05) is 0 Å². The molecule has 0 unspecified atom stereocenters. The number of carbonyl (C=O) groups excluding carboxylic acids is 1. The predicted molar refractivity (Wildman–Crippen MR) is 127 cm³/mol. The maximum atomic E-state index is 12.7. The maximum absolute atomic E-state index is 12.7. The number of aromatic nitrogens is 3. The number of amides is 1. The second-order valence-electron chi connectivity index (χ2n) is 7.97. The largest absolute Gasteiger partial charge is 0.497 e. The zero-order valence-corrected chi connectivity index (χ0v) is 19.2. The van der Waals surface area contributed by atoms with Crippen LogP contribution in [0.3, 0.4) is 0 Å². The van der Waals surface area contributed by atoms with Crippen molar-refractivity contribution in [2.24, 2.45) is 0 Å². The van der Waals surface area contributed by atoms with Gasteiger partial charge >= 0.3 is 0 Å². The molecule has 4 heterocycles. The number of ether oxygens (including phenoxy) is 1. The topological polar surface area (TPSA) is 63.0 Å². The smallest absolute Gasteiger partial charge is 0.254 e. The number of benzene rings is 1. The number of piperazine rings is 1. The lowest BCUT2D eigenvalue weighted by atomic mass is 10.1. The molecule has 8 heteroatoms. The van der Waals surface area contributed by atoms with Crippen LogP contribution in [0.15, 0.2) is 47.2 Å². The van der Waals surface area contributed by atoms with Crippen LogP contribution in [0.25, 0.3) is 16.9 Å². The molecular weight excluding hydrogens is 422 g/mol. The van der Waals surface area contributed by atoms with E-state index in [9.17, 15) is 4.79 Å². The normalized spacial score (nSPS) is 14.2. The third kappa shape index (κ3) is 3.60. The van der Waals surface area contributed by atoms with Gasteiger partial charge in [-0.05, 0) is 49.6 Å². The van der Waals surface area contributed by atoms with Gasteiger partial charge in [-0.3, -0.25) is 4.79 Å². The predicted octanol–water partition coefficient (Wildman–Crippen LogP) is 4.05. The lowest BCUT2D eigenvalue weighted by molar-refractivity contribution is 0.0747. The Hall–Kier alpha value is -3.39. The van der Waals surface area contributed by atoms with Crippen molar-refractivity contribution in [3.63, 3.8) is 0 Å². The van der Waals surface area contributed by atoms with Gasteiger partial charge < -0.3 is 14.5 Å². The van der Waals surface area contributed by atoms with Crippen molar-refractivity contribution in [3.05, 3.63) is 64.0 Å². The summed E-state index contributed by atoms with van der Waals surface area (Å²) in [5, 5.41) is 8.76. The van der Waals surface area contributed by atoms with Gasteiger partial charge in [-0.2, -0.15) is 21.0 Å². The molecule has 0 aliphatic carbocycles. The van der Waals surface area contributed by atoms with Crippen LogP contribution < -0.4 is 9.64 Å². The fourth-order valence-electron chi connectivity index (χ4n) is 4.15. The second kappa shape index (κ2) is 8.27. The summed E-state index contributed by atoms with van der Waals surface area (Å²) >= 11 is 1.55. The number of hydrogen-bond acceptors (Lipinski definition) is 6. The molecule has 0 saturated carbocycles.